The topological polar surface area (TPSA) is 67.6 Å². The quantitative estimate of drug-likeness (QED) is 0.781. The maximum atomic E-state index is 12.6. The van der Waals surface area contributed by atoms with Crippen LogP contribution in [0.15, 0.2) is 59.2 Å². The van der Waals surface area contributed by atoms with Crippen molar-refractivity contribution in [2.75, 3.05) is 11.5 Å². The van der Waals surface area contributed by atoms with Crippen molar-refractivity contribution in [3.63, 3.8) is 0 Å². The molecule has 0 bridgehead atoms. The Balaban J connectivity index is 1.80. The molecular weight excluding hydrogens is 326 g/mol. The molecule has 1 aliphatic heterocycles. The van der Waals surface area contributed by atoms with Crippen LogP contribution in [0.1, 0.15) is 17.7 Å². The number of hydrogen-bond donors (Lipinski definition) is 0. The van der Waals surface area contributed by atoms with Crippen LogP contribution < -0.4 is 0 Å². The molecule has 3 rings (SSSR count). The minimum Gasteiger partial charge on any atom is -0.465 e. The second kappa shape index (κ2) is 7.05. The summed E-state index contributed by atoms with van der Waals surface area (Å²) in [6, 6.07) is 12.8. The molecule has 1 fully saturated rings. The van der Waals surface area contributed by atoms with Gasteiger partial charge < -0.3 is 9.32 Å². The minimum atomic E-state index is -3.06. The third-order valence-electron chi connectivity index (χ3n) is 4.06. The van der Waals surface area contributed by atoms with E-state index in [1.54, 1.807) is 23.1 Å². The highest BCUT2D eigenvalue weighted by Gasteiger charge is 2.34. The molecule has 1 saturated heterocycles. The van der Waals surface area contributed by atoms with Crippen LogP contribution in [0, 0.1) is 0 Å². The first-order valence-corrected chi connectivity index (χ1v) is 9.62. The summed E-state index contributed by atoms with van der Waals surface area (Å²) in [4.78, 5) is 14.3. The average Bonchev–Trinajstić information content (AvgIpc) is 3.20. The lowest BCUT2D eigenvalue weighted by Crippen LogP contribution is -2.39. The van der Waals surface area contributed by atoms with E-state index in [1.807, 2.05) is 30.3 Å². The molecule has 1 aromatic carbocycles. The molecular formula is C18H19NO4S. The molecule has 0 N–H and O–H groups in total. The normalized spacial score (nSPS) is 19.6. The van der Waals surface area contributed by atoms with Gasteiger partial charge in [0, 0.05) is 18.7 Å². The fourth-order valence-corrected chi connectivity index (χ4v) is 4.55. The summed E-state index contributed by atoms with van der Waals surface area (Å²) in [6.45, 7) is 0.391. The zero-order valence-corrected chi connectivity index (χ0v) is 14.0. The van der Waals surface area contributed by atoms with Crippen LogP contribution in [0.3, 0.4) is 0 Å². The van der Waals surface area contributed by atoms with E-state index >= 15 is 0 Å². The van der Waals surface area contributed by atoms with E-state index in [0.717, 1.165) is 5.56 Å². The summed E-state index contributed by atoms with van der Waals surface area (Å²) in [5, 5.41) is 0. The zero-order valence-electron chi connectivity index (χ0n) is 13.2. The molecule has 0 saturated carbocycles. The number of carbonyl (C=O) groups is 1. The lowest BCUT2D eigenvalue weighted by atomic mass is 10.1. The Labute approximate surface area is 141 Å². The molecule has 0 unspecified atom stereocenters. The van der Waals surface area contributed by atoms with Crippen molar-refractivity contribution in [3.8, 4) is 0 Å². The largest absolute Gasteiger partial charge is 0.465 e. The smallest absolute Gasteiger partial charge is 0.247 e. The molecule has 1 aromatic heterocycles. The van der Waals surface area contributed by atoms with Crippen molar-refractivity contribution in [1.29, 1.82) is 0 Å². The summed E-state index contributed by atoms with van der Waals surface area (Å²) < 4.78 is 28.8. The molecule has 0 aliphatic carbocycles. The molecule has 2 heterocycles. The van der Waals surface area contributed by atoms with Crippen LogP contribution in [-0.2, 0) is 21.2 Å². The molecule has 0 radical (unpaired) electrons. The summed E-state index contributed by atoms with van der Waals surface area (Å²) in [5.41, 5.74) is 0.974. The first-order valence-electron chi connectivity index (χ1n) is 7.80. The van der Waals surface area contributed by atoms with Crippen LogP contribution in [0.5, 0.6) is 0 Å². The zero-order chi connectivity index (χ0) is 17.0. The molecule has 1 amide bonds. The van der Waals surface area contributed by atoms with Crippen molar-refractivity contribution in [3.05, 3.63) is 66.1 Å². The van der Waals surface area contributed by atoms with E-state index in [1.165, 1.54) is 12.3 Å². The predicted molar refractivity (Wildman–Crippen MR) is 91.8 cm³/mol. The highest BCUT2D eigenvalue weighted by Crippen LogP contribution is 2.21. The van der Waals surface area contributed by atoms with Crippen molar-refractivity contribution in [2.45, 2.75) is 19.0 Å². The molecule has 1 atom stereocenters. The van der Waals surface area contributed by atoms with Gasteiger partial charge in [-0.25, -0.2) is 8.42 Å². The predicted octanol–water partition coefficient (Wildman–Crippen LogP) is 2.51. The fraction of sp³-hybridized carbons (Fsp3) is 0.278. The lowest BCUT2D eigenvalue weighted by molar-refractivity contribution is -0.128. The number of sulfone groups is 1. The Kier molecular flexibility index (Phi) is 4.85. The molecule has 24 heavy (non-hydrogen) atoms. The van der Waals surface area contributed by atoms with Gasteiger partial charge in [0.25, 0.3) is 0 Å². The standard InChI is InChI=1S/C18H19NO4S/c20-18(9-8-17-7-4-11-23-17)19(13-15-5-2-1-3-6-15)16-10-12-24(21,22)14-16/h1-9,11,16H,10,12-14H2/b9-8+/t16-/m1/s1. The third-order valence-corrected chi connectivity index (χ3v) is 5.81. The Morgan fingerprint density at radius 2 is 2.00 bits per heavy atom. The number of carbonyl (C=O) groups excluding carboxylic acids is 1. The number of nitrogens with zero attached hydrogens (tertiary/aromatic N) is 1. The number of benzene rings is 1. The minimum absolute atomic E-state index is 0.0279. The monoisotopic (exact) mass is 345 g/mol. The summed E-state index contributed by atoms with van der Waals surface area (Å²) >= 11 is 0. The van der Waals surface area contributed by atoms with Crippen molar-refractivity contribution in [1.82, 2.24) is 4.90 Å². The van der Waals surface area contributed by atoms with Crippen molar-refractivity contribution in [2.24, 2.45) is 0 Å². The van der Waals surface area contributed by atoms with Gasteiger partial charge in [-0.05, 0) is 30.2 Å². The number of furan rings is 1. The van der Waals surface area contributed by atoms with E-state index in [4.69, 9.17) is 4.42 Å². The van der Waals surface area contributed by atoms with Gasteiger partial charge in [0.15, 0.2) is 9.84 Å². The number of rotatable bonds is 5. The van der Waals surface area contributed by atoms with Crippen LogP contribution in [-0.4, -0.2) is 36.8 Å². The maximum absolute atomic E-state index is 12.6. The Hall–Kier alpha value is -2.34. The summed E-state index contributed by atoms with van der Waals surface area (Å²) in [7, 11) is -3.06. The Morgan fingerprint density at radius 1 is 1.21 bits per heavy atom. The van der Waals surface area contributed by atoms with E-state index in [9.17, 15) is 13.2 Å². The molecule has 2 aromatic rings. The van der Waals surface area contributed by atoms with Gasteiger partial charge >= 0.3 is 0 Å². The Morgan fingerprint density at radius 3 is 2.62 bits per heavy atom. The van der Waals surface area contributed by atoms with Crippen molar-refractivity contribution >= 4 is 21.8 Å². The second-order valence-electron chi connectivity index (χ2n) is 5.86. The highest BCUT2D eigenvalue weighted by molar-refractivity contribution is 7.91. The van der Waals surface area contributed by atoms with Gasteiger partial charge in [-0.3, -0.25) is 4.79 Å². The van der Waals surface area contributed by atoms with Gasteiger partial charge in [0.2, 0.25) is 5.91 Å². The number of hydrogen-bond acceptors (Lipinski definition) is 4. The Bertz CT molecular complexity index is 810. The molecule has 0 spiro atoms. The molecule has 1 aliphatic rings. The third kappa shape index (κ3) is 4.14. The van der Waals surface area contributed by atoms with Crippen LogP contribution in [0.25, 0.3) is 6.08 Å². The molecule has 6 heteroatoms. The van der Waals surface area contributed by atoms with Crippen LogP contribution in [0.2, 0.25) is 0 Å². The van der Waals surface area contributed by atoms with E-state index in [-0.39, 0.29) is 23.5 Å². The van der Waals surface area contributed by atoms with Gasteiger partial charge in [-0.2, -0.15) is 0 Å². The first-order chi connectivity index (χ1) is 11.5. The van der Waals surface area contributed by atoms with E-state index < -0.39 is 9.84 Å². The molecule has 5 nitrogen and oxygen atoms in total. The average molecular weight is 345 g/mol. The summed E-state index contributed by atoms with van der Waals surface area (Å²) in [5.74, 6) is 0.539. The van der Waals surface area contributed by atoms with Gasteiger partial charge in [0.05, 0.1) is 17.8 Å². The summed E-state index contributed by atoms with van der Waals surface area (Å²) in [6.07, 6.45) is 5.06. The second-order valence-corrected chi connectivity index (χ2v) is 8.09. The molecule has 126 valence electrons. The fourth-order valence-electron chi connectivity index (χ4n) is 2.82. The SMILES string of the molecule is O=C(/C=C/c1ccco1)N(Cc1ccccc1)[C@@H]1CCS(=O)(=O)C1. The van der Waals surface area contributed by atoms with E-state index in [2.05, 4.69) is 0 Å². The highest BCUT2D eigenvalue weighted by atomic mass is 32.2. The lowest BCUT2D eigenvalue weighted by Gasteiger charge is -2.27. The maximum Gasteiger partial charge on any atom is 0.247 e. The van der Waals surface area contributed by atoms with E-state index in [0.29, 0.717) is 18.7 Å². The first kappa shape index (κ1) is 16.5. The van der Waals surface area contributed by atoms with Crippen LogP contribution in [0.4, 0.5) is 0 Å². The van der Waals surface area contributed by atoms with Gasteiger partial charge in [0.1, 0.15) is 5.76 Å². The number of amides is 1. The van der Waals surface area contributed by atoms with Crippen molar-refractivity contribution < 1.29 is 17.6 Å². The van der Waals surface area contributed by atoms with Gasteiger partial charge in [-0.1, -0.05) is 30.3 Å². The van der Waals surface area contributed by atoms with Crippen LogP contribution >= 0.6 is 0 Å². The van der Waals surface area contributed by atoms with Gasteiger partial charge in [-0.15, -0.1) is 0 Å².